The lowest BCUT2D eigenvalue weighted by Crippen LogP contribution is -2.44. The Balaban J connectivity index is 1.64. The minimum atomic E-state index is 0.238. The molecular formula is C23H28N2O2. The number of ether oxygens (including phenoxy) is 2. The summed E-state index contributed by atoms with van der Waals surface area (Å²) in [5.74, 6) is 1.77. The first kappa shape index (κ1) is 18.1. The molecule has 27 heavy (non-hydrogen) atoms. The summed E-state index contributed by atoms with van der Waals surface area (Å²) in [5, 5.41) is 0. The monoisotopic (exact) mass is 364 g/mol. The van der Waals surface area contributed by atoms with Gasteiger partial charge in [0.2, 0.25) is 6.79 Å². The van der Waals surface area contributed by atoms with Gasteiger partial charge in [-0.1, -0.05) is 35.9 Å². The number of hydrogen-bond acceptors (Lipinski definition) is 4. The van der Waals surface area contributed by atoms with Crippen LogP contribution in [0.3, 0.4) is 0 Å². The zero-order valence-corrected chi connectivity index (χ0v) is 16.3. The van der Waals surface area contributed by atoms with E-state index >= 15 is 0 Å². The van der Waals surface area contributed by atoms with Gasteiger partial charge in [-0.15, -0.1) is 0 Å². The Morgan fingerprint density at radius 2 is 1.67 bits per heavy atom. The van der Waals surface area contributed by atoms with Gasteiger partial charge < -0.3 is 19.3 Å². The Labute approximate surface area is 162 Å². The molecule has 0 amide bonds. The summed E-state index contributed by atoms with van der Waals surface area (Å²) in [5.41, 5.74) is 4.74. The van der Waals surface area contributed by atoms with E-state index < -0.39 is 0 Å². The minimum absolute atomic E-state index is 0.238. The topological polar surface area (TPSA) is 24.9 Å². The second kappa shape index (κ2) is 8.15. The molecule has 0 radical (unpaired) electrons. The van der Waals surface area contributed by atoms with Crippen molar-refractivity contribution in [2.45, 2.75) is 13.3 Å². The van der Waals surface area contributed by atoms with E-state index in [2.05, 4.69) is 60.2 Å². The lowest BCUT2D eigenvalue weighted by atomic mass is 9.93. The van der Waals surface area contributed by atoms with Gasteiger partial charge >= 0.3 is 0 Å². The first-order valence-corrected chi connectivity index (χ1v) is 9.78. The molecule has 2 aromatic rings. The highest BCUT2D eigenvalue weighted by Gasteiger charge is 2.19. The van der Waals surface area contributed by atoms with Gasteiger partial charge in [-0.3, -0.25) is 0 Å². The summed E-state index contributed by atoms with van der Waals surface area (Å²) in [6.07, 6.45) is 3.37. The highest BCUT2D eigenvalue weighted by atomic mass is 16.7. The fourth-order valence-electron chi connectivity index (χ4n) is 3.78. The number of nitrogens with zero attached hydrogens (tertiary/aromatic N) is 2. The Bertz CT molecular complexity index is 823. The predicted molar refractivity (Wildman–Crippen MR) is 109 cm³/mol. The molecule has 142 valence electrons. The van der Waals surface area contributed by atoms with Crippen molar-refractivity contribution < 1.29 is 9.47 Å². The average molecular weight is 364 g/mol. The summed E-state index contributed by atoms with van der Waals surface area (Å²) in [7, 11) is 2.20. The zero-order chi connectivity index (χ0) is 18.6. The van der Waals surface area contributed by atoms with Gasteiger partial charge in [-0.25, -0.2) is 0 Å². The SMILES string of the molecule is Cc1ccc2c(c1)/C(=C\CCN1CCN(C)CC1)c1ccccc1OCO2. The maximum Gasteiger partial charge on any atom is 0.230 e. The number of rotatable bonds is 3. The Hall–Kier alpha value is -2.30. The molecule has 0 aliphatic carbocycles. The first-order chi connectivity index (χ1) is 13.2. The molecule has 2 heterocycles. The first-order valence-electron chi connectivity index (χ1n) is 9.78. The van der Waals surface area contributed by atoms with Gasteiger partial charge in [0, 0.05) is 43.9 Å². The van der Waals surface area contributed by atoms with Gasteiger partial charge in [0.1, 0.15) is 11.5 Å². The predicted octanol–water partition coefficient (Wildman–Crippen LogP) is 3.79. The van der Waals surface area contributed by atoms with Crippen molar-refractivity contribution in [1.82, 2.24) is 9.80 Å². The molecule has 0 aromatic heterocycles. The van der Waals surface area contributed by atoms with E-state index in [1.165, 1.54) is 11.1 Å². The van der Waals surface area contributed by atoms with E-state index in [9.17, 15) is 0 Å². The number of aryl methyl sites for hydroxylation is 1. The molecule has 0 unspecified atom stereocenters. The van der Waals surface area contributed by atoms with E-state index in [1.807, 2.05) is 12.1 Å². The van der Waals surface area contributed by atoms with E-state index in [0.29, 0.717) is 0 Å². The second-order valence-corrected chi connectivity index (χ2v) is 7.45. The van der Waals surface area contributed by atoms with E-state index in [4.69, 9.17) is 9.47 Å². The van der Waals surface area contributed by atoms with Gasteiger partial charge in [0.25, 0.3) is 0 Å². The van der Waals surface area contributed by atoms with Gasteiger partial charge in [-0.2, -0.15) is 0 Å². The Morgan fingerprint density at radius 3 is 2.48 bits per heavy atom. The number of likely N-dealkylation sites (N-methyl/N-ethyl adjacent to an activating group) is 1. The summed E-state index contributed by atoms with van der Waals surface area (Å²) >= 11 is 0. The largest absolute Gasteiger partial charge is 0.457 e. The maximum atomic E-state index is 5.90. The van der Waals surface area contributed by atoms with Crippen LogP contribution in [0.15, 0.2) is 48.5 Å². The van der Waals surface area contributed by atoms with Gasteiger partial charge in [-0.05, 0) is 44.2 Å². The molecule has 0 N–H and O–H groups in total. The quantitative estimate of drug-likeness (QED) is 0.827. The lowest BCUT2D eigenvalue weighted by molar-refractivity contribution is 0.118. The highest BCUT2D eigenvalue weighted by Crippen LogP contribution is 2.38. The number of hydrogen-bond donors (Lipinski definition) is 0. The average Bonchev–Trinajstić information content (AvgIpc) is 2.67. The standard InChI is InChI=1S/C23H28N2O2/c1-18-9-10-23-21(16-18)19(7-5-11-25-14-12-24(2)13-15-25)20-6-3-4-8-22(20)26-17-27-23/h3-4,6-10,16H,5,11-15,17H2,1-2H3/b19-7-. The van der Waals surface area contributed by atoms with Crippen LogP contribution in [0, 0.1) is 6.92 Å². The van der Waals surface area contributed by atoms with Crippen LogP contribution >= 0.6 is 0 Å². The minimum Gasteiger partial charge on any atom is -0.457 e. The van der Waals surface area contributed by atoms with Crippen LogP contribution in [0.2, 0.25) is 0 Å². The Morgan fingerprint density at radius 1 is 0.926 bits per heavy atom. The molecule has 0 bridgehead atoms. The van der Waals surface area contributed by atoms with Crippen molar-refractivity contribution in [2.75, 3.05) is 46.6 Å². The van der Waals surface area contributed by atoms with Crippen molar-refractivity contribution in [3.05, 3.63) is 65.2 Å². The van der Waals surface area contributed by atoms with Crippen LogP contribution in [-0.4, -0.2) is 56.4 Å². The van der Waals surface area contributed by atoms with Crippen molar-refractivity contribution in [3.8, 4) is 11.5 Å². The fraction of sp³-hybridized carbons (Fsp3) is 0.391. The summed E-state index contributed by atoms with van der Waals surface area (Å²) < 4.78 is 11.8. The van der Waals surface area contributed by atoms with Crippen LogP contribution in [-0.2, 0) is 0 Å². The van der Waals surface area contributed by atoms with Crippen LogP contribution in [0.1, 0.15) is 23.1 Å². The number of fused-ring (bicyclic) bond motifs is 2. The van der Waals surface area contributed by atoms with Crippen LogP contribution in [0.4, 0.5) is 0 Å². The molecule has 2 aliphatic heterocycles. The smallest absolute Gasteiger partial charge is 0.230 e. The molecule has 4 rings (SSSR count). The molecule has 2 aliphatic rings. The molecule has 1 saturated heterocycles. The summed E-state index contributed by atoms with van der Waals surface area (Å²) in [4.78, 5) is 4.95. The molecule has 4 heteroatoms. The molecule has 1 fully saturated rings. The summed E-state index contributed by atoms with van der Waals surface area (Å²) in [6.45, 7) is 8.07. The number of piperazine rings is 1. The van der Waals surface area contributed by atoms with Gasteiger partial charge in [0.15, 0.2) is 0 Å². The van der Waals surface area contributed by atoms with Crippen LogP contribution in [0.25, 0.3) is 5.57 Å². The third-order valence-electron chi connectivity index (χ3n) is 5.42. The van der Waals surface area contributed by atoms with Crippen molar-refractivity contribution >= 4 is 5.57 Å². The van der Waals surface area contributed by atoms with E-state index in [-0.39, 0.29) is 6.79 Å². The summed E-state index contributed by atoms with van der Waals surface area (Å²) in [6, 6.07) is 14.6. The highest BCUT2D eigenvalue weighted by molar-refractivity contribution is 5.85. The van der Waals surface area contributed by atoms with Crippen molar-refractivity contribution in [2.24, 2.45) is 0 Å². The van der Waals surface area contributed by atoms with E-state index in [1.54, 1.807) is 0 Å². The molecule has 2 aromatic carbocycles. The number of para-hydroxylation sites is 1. The fourth-order valence-corrected chi connectivity index (χ4v) is 3.78. The van der Waals surface area contributed by atoms with Crippen molar-refractivity contribution in [1.29, 1.82) is 0 Å². The molecule has 0 atom stereocenters. The molecular weight excluding hydrogens is 336 g/mol. The third kappa shape index (κ3) is 4.18. The van der Waals surface area contributed by atoms with E-state index in [0.717, 1.165) is 61.8 Å². The third-order valence-corrected chi connectivity index (χ3v) is 5.42. The Kier molecular flexibility index (Phi) is 5.46. The van der Waals surface area contributed by atoms with Crippen molar-refractivity contribution in [3.63, 3.8) is 0 Å². The molecule has 0 spiro atoms. The second-order valence-electron chi connectivity index (χ2n) is 7.45. The van der Waals surface area contributed by atoms with Gasteiger partial charge in [0.05, 0.1) is 0 Å². The number of benzene rings is 2. The lowest BCUT2D eigenvalue weighted by Gasteiger charge is -2.32. The van der Waals surface area contributed by atoms with Crippen LogP contribution in [0.5, 0.6) is 11.5 Å². The maximum absolute atomic E-state index is 5.90. The van der Waals surface area contributed by atoms with Crippen LogP contribution < -0.4 is 9.47 Å². The molecule has 4 nitrogen and oxygen atoms in total. The zero-order valence-electron chi connectivity index (χ0n) is 16.3. The normalized spacial score (nSPS) is 19.4. The molecule has 0 saturated carbocycles.